The van der Waals surface area contributed by atoms with Crippen LogP contribution in [0.5, 0.6) is 23.0 Å². The van der Waals surface area contributed by atoms with E-state index in [4.69, 9.17) is 23.7 Å². The van der Waals surface area contributed by atoms with Gasteiger partial charge in [-0.3, -0.25) is 20.0 Å². The largest absolute Gasteiger partial charge is 0.494 e. The van der Waals surface area contributed by atoms with Gasteiger partial charge in [-0.15, -0.1) is 0 Å². The number of hydrazine groups is 1. The number of rotatable bonds is 9. The van der Waals surface area contributed by atoms with Gasteiger partial charge < -0.3 is 23.7 Å². The van der Waals surface area contributed by atoms with E-state index in [1.807, 2.05) is 19.1 Å². The first-order valence-electron chi connectivity index (χ1n) is 11.9. The molecule has 0 saturated carbocycles. The van der Waals surface area contributed by atoms with E-state index < -0.39 is 12.0 Å². The number of benzene rings is 2. The summed E-state index contributed by atoms with van der Waals surface area (Å²) in [5.41, 5.74) is 6.10. The molecule has 2 aromatic rings. The molecule has 2 aliphatic rings. The Kier molecular flexibility index (Phi) is 8.69. The summed E-state index contributed by atoms with van der Waals surface area (Å²) >= 11 is 0. The van der Waals surface area contributed by atoms with E-state index in [-0.39, 0.29) is 13.4 Å². The topological polar surface area (TPSA) is 111 Å². The van der Waals surface area contributed by atoms with E-state index >= 15 is 0 Å². The highest BCUT2D eigenvalue weighted by Crippen LogP contribution is 2.42. The number of nitrogens with zero attached hydrogens (tertiary/aromatic N) is 2. The molecule has 2 N–H and O–H groups in total. The SMILES string of the molecule is CCOc1cccc(C(=O)NNC(=O)OCCN2CCN(Cc3cc(OC)c4c(c3)OCO4)CC2)c1. The molecule has 0 bridgehead atoms. The molecule has 0 aromatic heterocycles. The minimum absolute atomic E-state index is 0.211. The lowest BCUT2D eigenvalue weighted by atomic mass is 10.1. The summed E-state index contributed by atoms with van der Waals surface area (Å²) in [6.07, 6.45) is -0.709. The number of hydrogen-bond donors (Lipinski definition) is 2. The van der Waals surface area contributed by atoms with Gasteiger partial charge in [-0.25, -0.2) is 10.2 Å². The molecule has 11 nitrogen and oxygen atoms in total. The first-order valence-corrected chi connectivity index (χ1v) is 11.9. The number of methoxy groups -OCH3 is 1. The first-order chi connectivity index (χ1) is 17.6. The van der Waals surface area contributed by atoms with E-state index in [2.05, 4.69) is 20.7 Å². The van der Waals surface area contributed by atoms with Crippen molar-refractivity contribution in [2.24, 2.45) is 0 Å². The predicted molar refractivity (Wildman–Crippen MR) is 130 cm³/mol. The highest BCUT2D eigenvalue weighted by atomic mass is 16.7. The summed E-state index contributed by atoms with van der Waals surface area (Å²) in [5.74, 6) is 2.19. The minimum atomic E-state index is -0.709. The van der Waals surface area contributed by atoms with Gasteiger partial charge in [0.25, 0.3) is 5.91 Å². The van der Waals surface area contributed by atoms with Crippen LogP contribution >= 0.6 is 0 Å². The molecule has 36 heavy (non-hydrogen) atoms. The van der Waals surface area contributed by atoms with E-state index in [0.29, 0.717) is 41.7 Å². The van der Waals surface area contributed by atoms with E-state index in [1.54, 1.807) is 31.4 Å². The van der Waals surface area contributed by atoms with Crippen LogP contribution in [0.15, 0.2) is 36.4 Å². The fourth-order valence-corrected chi connectivity index (χ4v) is 4.08. The van der Waals surface area contributed by atoms with Crippen molar-refractivity contribution < 1.29 is 33.3 Å². The fourth-order valence-electron chi connectivity index (χ4n) is 4.08. The first kappa shape index (κ1) is 25.4. The van der Waals surface area contributed by atoms with Gasteiger partial charge in [0, 0.05) is 44.8 Å². The molecule has 2 amide bonds. The molecule has 2 heterocycles. The van der Waals surface area contributed by atoms with Gasteiger partial charge in [0.2, 0.25) is 12.5 Å². The van der Waals surface area contributed by atoms with E-state index in [1.165, 1.54) is 0 Å². The second-order valence-corrected chi connectivity index (χ2v) is 8.33. The number of ether oxygens (including phenoxy) is 5. The highest BCUT2D eigenvalue weighted by Gasteiger charge is 2.22. The number of fused-ring (bicyclic) bond motifs is 1. The van der Waals surface area contributed by atoms with E-state index in [9.17, 15) is 9.59 Å². The van der Waals surface area contributed by atoms with Gasteiger partial charge in [0.05, 0.1) is 13.7 Å². The summed E-state index contributed by atoms with van der Waals surface area (Å²) in [6, 6.07) is 10.7. The van der Waals surface area contributed by atoms with Gasteiger partial charge in [0.15, 0.2) is 11.5 Å². The number of carbonyl (C=O) groups excluding carboxylic acids is 2. The van der Waals surface area contributed by atoms with Gasteiger partial charge in [-0.1, -0.05) is 6.07 Å². The van der Waals surface area contributed by atoms with Crippen molar-refractivity contribution in [2.45, 2.75) is 13.5 Å². The summed E-state index contributed by atoms with van der Waals surface area (Å²) in [4.78, 5) is 28.8. The van der Waals surface area contributed by atoms with Crippen molar-refractivity contribution in [1.29, 1.82) is 0 Å². The molecule has 2 aromatic carbocycles. The molecular formula is C25H32N4O7. The third kappa shape index (κ3) is 6.70. The Bertz CT molecular complexity index is 1060. The monoisotopic (exact) mass is 500 g/mol. The maximum absolute atomic E-state index is 12.2. The average molecular weight is 501 g/mol. The zero-order chi connectivity index (χ0) is 25.3. The number of piperazine rings is 1. The third-order valence-electron chi connectivity index (χ3n) is 5.92. The molecule has 0 spiro atoms. The standard InChI is InChI=1S/C25H32N4O7/c1-3-33-20-6-4-5-19(15-20)24(30)26-27-25(31)34-12-11-28-7-9-29(10-8-28)16-18-13-21(32-2)23-22(14-18)35-17-36-23/h4-6,13-15H,3,7-12,16-17H2,1-2H3,(H,26,30)(H,27,31). The van der Waals surface area contributed by atoms with Crippen molar-refractivity contribution in [2.75, 3.05) is 59.8 Å². The van der Waals surface area contributed by atoms with Gasteiger partial charge in [-0.2, -0.15) is 0 Å². The number of carbonyl (C=O) groups is 2. The maximum Gasteiger partial charge on any atom is 0.426 e. The number of hydrogen-bond acceptors (Lipinski definition) is 9. The number of amides is 2. The summed E-state index contributed by atoms with van der Waals surface area (Å²) < 4.78 is 27.0. The molecule has 0 radical (unpaired) electrons. The smallest absolute Gasteiger partial charge is 0.426 e. The lowest BCUT2D eigenvalue weighted by Crippen LogP contribution is -2.47. The predicted octanol–water partition coefficient (Wildman–Crippen LogP) is 2.01. The third-order valence-corrected chi connectivity index (χ3v) is 5.92. The van der Waals surface area contributed by atoms with Crippen LogP contribution in [-0.4, -0.2) is 81.6 Å². The Balaban J connectivity index is 1.13. The molecular weight excluding hydrogens is 468 g/mol. The minimum Gasteiger partial charge on any atom is -0.494 e. The molecule has 4 rings (SSSR count). The van der Waals surface area contributed by atoms with Gasteiger partial charge in [0.1, 0.15) is 12.4 Å². The molecule has 1 saturated heterocycles. The van der Waals surface area contributed by atoms with Gasteiger partial charge >= 0.3 is 6.09 Å². The van der Waals surface area contributed by atoms with Crippen LogP contribution in [0.1, 0.15) is 22.8 Å². The zero-order valence-corrected chi connectivity index (χ0v) is 20.6. The quantitative estimate of drug-likeness (QED) is 0.500. The molecule has 0 aliphatic carbocycles. The van der Waals surface area contributed by atoms with E-state index in [0.717, 1.165) is 38.3 Å². The summed E-state index contributed by atoms with van der Waals surface area (Å²) in [6.45, 7) is 7.70. The van der Waals surface area contributed by atoms with Crippen LogP contribution in [0.2, 0.25) is 0 Å². The fraction of sp³-hybridized carbons (Fsp3) is 0.440. The Labute approximate surface area is 210 Å². The average Bonchev–Trinajstić information content (AvgIpc) is 3.37. The van der Waals surface area contributed by atoms with Crippen molar-refractivity contribution >= 4 is 12.0 Å². The Morgan fingerprint density at radius 3 is 2.61 bits per heavy atom. The molecule has 0 atom stereocenters. The highest BCUT2D eigenvalue weighted by molar-refractivity contribution is 5.95. The van der Waals surface area contributed by atoms with Crippen molar-refractivity contribution in [3.63, 3.8) is 0 Å². The van der Waals surface area contributed by atoms with Crippen molar-refractivity contribution in [3.05, 3.63) is 47.5 Å². The van der Waals surface area contributed by atoms with Crippen LogP contribution < -0.4 is 29.8 Å². The van der Waals surface area contributed by atoms with Gasteiger partial charge in [-0.05, 0) is 42.8 Å². The van der Waals surface area contributed by atoms with Crippen molar-refractivity contribution in [1.82, 2.24) is 20.7 Å². The molecule has 0 unspecified atom stereocenters. The zero-order valence-electron chi connectivity index (χ0n) is 20.6. The Hall–Kier alpha value is -3.70. The molecule has 2 aliphatic heterocycles. The normalized spacial score (nSPS) is 15.3. The summed E-state index contributed by atoms with van der Waals surface area (Å²) in [5, 5.41) is 0. The summed E-state index contributed by atoms with van der Waals surface area (Å²) in [7, 11) is 1.62. The van der Waals surface area contributed by atoms with Crippen LogP contribution in [0.4, 0.5) is 4.79 Å². The molecule has 11 heteroatoms. The van der Waals surface area contributed by atoms with Crippen LogP contribution in [-0.2, 0) is 11.3 Å². The second-order valence-electron chi connectivity index (χ2n) is 8.33. The van der Waals surface area contributed by atoms with Crippen LogP contribution in [0, 0.1) is 0 Å². The molecule has 1 fully saturated rings. The maximum atomic E-state index is 12.2. The second kappa shape index (κ2) is 12.3. The van der Waals surface area contributed by atoms with Crippen LogP contribution in [0.25, 0.3) is 0 Å². The lowest BCUT2D eigenvalue weighted by Gasteiger charge is -2.34. The Morgan fingerprint density at radius 1 is 1.03 bits per heavy atom. The number of nitrogens with one attached hydrogen (secondary N) is 2. The lowest BCUT2D eigenvalue weighted by molar-refractivity contribution is 0.0842. The Morgan fingerprint density at radius 2 is 1.83 bits per heavy atom. The molecule has 194 valence electrons. The van der Waals surface area contributed by atoms with Crippen molar-refractivity contribution in [3.8, 4) is 23.0 Å². The van der Waals surface area contributed by atoms with Crippen LogP contribution in [0.3, 0.4) is 0 Å².